The summed E-state index contributed by atoms with van der Waals surface area (Å²) in [5, 5.41) is 0. The van der Waals surface area contributed by atoms with E-state index in [-0.39, 0.29) is 0 Å². The van der Waals surface area contributed by atoms with Crippen LogP contribution in [-0.2, 0) is 4.79 Å². The SMILES string of the molecule is CC=O.CCCS. The summed E-state index contributed by atoms with van der Waals surface area (Å²) in [6.45, 7) is 3.55. The lowest BCUT2D eigenvalue weighted by Crippen LogP contribution is -1.56. The molecule has 0 fully saturated rings. The highest BCUT2D eigenvalue weighted by Crippen LogP contribution is 1.74. The minimum absolute atomic E-state index is 0.750. The number of thiol groups is 1. The van der Waals surface area contributed by atoms with Crippen LogP contribution in [0, 0.1) is 0 Å². The highest BCUT2D eigenvalue weighted by molar-refractivity contribution is 7.80. The van der Waals surface area contributed by atoms with Gasteiger partial charge < -0.3 is 4.79 Å². The first-order valence-corrected chi connectivity index (χ1v) is 2.97. The topological polar surface area (TPSA) is 17.1 Å². The molecule has 1 nitrogen and oxygen atoms in total. The van der Waals surface area contributed by atoms with Crippen LogP contribution in [0.4, 0.5) is 0 Å². The van der Waals surface area contributed by atoms with Gasteiger partial charge in [0.2, 0.25) is 0 Å². The fourth-order valence-corrected chi connectivity index (χ4v) is 0. The van der Waals surface area contributed by atoms with Gasteiger partial charge in [0.15, 0.2) is 0 Å². The Hall–Kier alpha value is 0.0200. The molecule has 7 heavy (non-hydrogen) atoms. The molecular weight excluding hydrogens is 108 g/mol. The van der Waals surface area contributed by atoms with Crippen molar-refractivity contribution in [2.45, 2.75) is 20.3 Å². The van der Waals surface area contributed by atoms with Gasteiger partial charge in [-0.1, -0.05) is 6.92 Å². The van der Waals surface area contributed by atoms with E-state index in [0.717, 1.165) is 12.0 Å². The molecule has 0 heterocycles. The number of hydrogen-bond donors (Lipinski definition) is 1. The minimum atomic E-state index is 0.750. The highest BCUT2D eigenvalue weighted by Gasteiger charge is 1.57. The predicted molar refractivity (Wildman–Crippen MR) is 35.9 cm³/mol. The van der Waals surface area contributed by atoms with E-state index in [1.54, 1.807) is 0 Å². The second-order valence-corrected chi connectivity index (χ2v) is 1.41. The lowest BCUT2D eigenvalue weighted by molar-refractivity contribution is -0.106. The molecule has 0 aliphatic rings. The second kappa shape index (κ2) is 16.6. The number of hydrogen-bond acceptors (Lipinski definition) is 2. The van der Waals surface area contributed by atoms with Crippen LogP contribution in [0.3, 0.4) is 0 Å². The zero-order chi connectivity index (χ0) is 6.12. The van der Waals surface area contributed by atoms with Crippen LogP contribution in [0.2, 0.25) is 0 Å². The maximum Gasteiger partial charge on any atom is 0.116 e. The highest BCUT2D eigenvalue weighted by atomic mass is 32.1. The van der Waals surface area contributed by atoms with E-state index in [4.69, 9.17) is 4.79 Å². The van der Waals surface area contributed by atoms with E-state index >= 15 is 0 Å². The smallest absolute Gasteiger partial charge is 0.116 e. The first-order valence-electron chi connectivity index (χ1n) is 2.34. The second-order valence-electron chi connectivity index (χ2n) is 0.959. The molecule has 44 valence electrons. The van der Waals surface area contributed by atoms with Gasteiger partial charge >= 0.3 is 0 Å². The molecule has 0 amide bonds. The Kier molecular flexibility index (Phi) is 24.0. The van der Waals surface area contributed by atoms with Crippen LogP contribution in [-0.4, -0.2) is 12.0 Å². The van der Waals surface area contributed by atoms with Gasteiger partial charge in [-0.05, 0) is 19.1 Å². The molecule has 0 radical (unpaired) electrons. The summed E-state index contributed by atoms with van der Waals surface area (Å²) < 4.78 is 0. The first kappa shape index (κ1) is 10.1. The Balaban J connectivity index is 0. The van der Waals surface area contributed by atoms with E-state index < -0.39 is 0 Å². The normalized spacial score (nSPS) is 6.14. The van der Waals surface area contributed by atoms with Crippen LogP contribution in [0.15, 0.2) is 0 Å². The van der Waals surface area contributed by atoms with Crippen LogP contribution in [0.25, 0.3) is 0 Å². The van der Waals surface area contributed by atoms with Crippen molar-refractivity contribution >= 4 is 18.9 Å². The third-order valence-electron chi connectivity index (χ3n) is 0.224. The molecule has 0 aromatic heterocycles. The minimum Gasteiger partial charge on any atom is -0.304 e. The molecule has 0 saturated heterocycles. The van der Waals surface area contributed by atoms with Gasteiger partial charge in [-0.25, -0.2) is 0 Å². The van der Waals surface area contributed by atoms with Crippen LogP contribution in [0.1, 0.15) is 20.3 Å². The monoisotopic (exact) mass is 120 g/mol. The molecule has 0 rings (SSSR count). The van der Waals surface area contributed by atoms with Gasteiger partial charge in [0, 0.05) is 0 Å². The van der Waals surface area contributed by atoms with Gasteiger partial charge in [-0.15, -0.1) is 0 Å². The van der Waals surface area contributed by atoms with Gasteiger partial charge in [-0.3, -0.25) is 0 Å². The summed E-state index contributed by atoms with van der Waals surface area (Å²) in [5.74, 6) is 1.01. The summed E-state index contributed by atoms with van der Waals surface area (Å²) in [7, 11) is 0. The summed E-state index contributed by atoms with van der Waals surface area (Å²) >= 11 is 3.92. The number of carbonyl (C=O) groups excluding carboxylic acids is 1. The summed E-state index contributed by atoms with van der Waals surface area (Å²) in [4.78, 5) is 8.81. The van der Waals surface area contributed by atoms with Gasteiger partial charge in [0.1, 0.15) is 6.29 Å². The van der Waals surface area contributed by atoms with Gasteiger partial charge in [0.25, 0.3) is 0 Å². The van der Waals surface area contributed by atoms with Crippen molar-refractivity contribution in [3.63, 3.8) is 0 Å². The van der Waals surface area contributed by atoms with E-state index in [0.29, 0.717) is 0 Å². The summed E-state index contributed by atoms with van der Waals surface area (Å²) in [6.07, 6.45) is 1.93. The molecule has 0 aromatic rings. The van der Waals surface area contributed by atoms with Crippen LogP contribution >= 0.6 is 12.6 Å². The molecule has 0 aromatic carbocycles. The Morgan fingerprint density at radius 1 is 1.71 bits per heavy atom. The first-order chi connectivity index (χ1) is 3.33. The lowest BCUT2D eigenvalue weighted by Gasteiger charge is -1.67. The van der Waals surface area contributed by atoms with Crippen LogP contribution in [0.5, 0.6) is 0 Å². The van der Waals surface area contributed by atoms with Gasteiger partial charge in [-0.2, -0.15) is 12.6 Å². The summed E-state index contributed by atoms with van der Waals surface area (Å²) in [5.41, 5.74) is 0. The van der Waals surface area contributed by atoms with Crippen molar-refractivity contribution in [1.82, 2.24) is 0 Å². The average molecular weight is 120 g/mol. The largest absolute Gasteiger partial charge is 0.304 e. The molecule has 0 saturated carbocycles. The fraction of sp³-hybridized carbons (Fsp3) is 0.800. The molecule has 0 unspecified atom stereocenters. The number of rotatable bonds is 1. The standard InChI is InChI=1S/C3H8S.C2H4O/c1-2-3-4;1-2-3/h4H,2-3H2,1H3;2H,1H3. The molecule has 2 heteroatoms. The van der Waals surface area contributed by atoms with Crippen molar-refractivity contribution in [3.05, 3.63) is 0 Å². The van der Waals surface area contributed by atoms with Crippen molar-refractivity contribution in [2.75, 3.05) is 5.75 Å². The van der Waals surface area contributed by atoms with E-state index in [1.807, 2.05) is 0 Å². The van der Waals surface area contributed by atoms with Gasteiger partial charge in [0.05, 0.1) is 0 Å². The molecule has 0 spiro atoms. The Morgan fingerprint density at radius 3 is 1.86 bits per heavy atom. The van der Waals surface area contributed by atoms with Crippen molar-refractivity contribution in [2.24, 2.45) is 0 Å². The maximum atomic E-state index is 8.81. The molecule has 0 aliphatic carbocycles. The third kappa shape index (κ3) is 93.5. The lowest BCUT2D eigenvalue weighted by atomic mass is 10.6. The maximum absolute atomic E-state index is 8.81. The number of carbonyl (C=O) groups is 1. The average Bonchev–Trinajstić information content (AvgIpc) is 1.69. The Labute approximate surface area is 50.5 Å². The van der Waals surface area contributed by atoms with Crippen LogP contribution < -0.4 is 0 Å². The van der Waals surface area contributed by atoms with E-state index in [2.05, 4.69) is 19.6 Å². The van der Waals surface area contributed by atoms with E-state index in [1.165, 1.54) is 13.3 Å². The zero-order valence-corrected chi connectivity index (χ0v) is 5.74. The van der Waals surface area contributed by atoms with Crippen molar-refractivity contribution in [3.8, 4) is 0 Å². The fourth-order valence-electron chi connectivity index (χ4n) is 0. The summed E-state index contributed by atoms with van der Waals surface area (Å²) in [6, 6.07) is 0. The Morgan fingerprint density at radius 2 is 1.86 bits per heavy atom. The predicted octanol–water partition coefficient (Wildman–Crippen LogP) is 1.53. The third-order valence-corrected chi connectivity index (χ3v) is 0.671. The number of aldehydes is 1. The molecule has 0 N–H and O–H groups in total. The molecular formula is C5H12OS. The molecule has 0 bridgehead atoms. The van der Waals surface area contributed by atoms with Crippen molar-refractivity contribution < 1.29 is 4.79 Å². The zero-order valence-electron chi connectivity index (χ0n) is 4.85. The van der Waals surface area contributed by atoms with E-state index in [9.17, 15) is 0 Å². The molecule has 0 atom stereocenters. The quantitative estimate of drug-likeness (QED) is 0.410. The Bertz CT molecular complexity index is 27.3. The van der Waals surface area contributed by atoms with Crippen molar-refractivity contribution in [1.29, 1.82) is 0 Å². The molecule has 0 aliphatic heterocycles.